The number of benzene rings is 1. The zero-order valence-electron chi connectivity index (χ0n) is 28.6. The zero-order chi connectivity index (χ0) is 36.6. The number of Topliss-reactive ketones (excluding diaryl/α,β-unsaturated/α-hetero) is 1. The largest absolute Gasteiger partial charge is 0.505 e. The number of aliphatic hydroxyl groups excluding tert-OH is 3. The smallest absolute Gasteiger partial charge is 0.278 e. The molecule has 0 spiro atoms. The van der Waals surface area contributed by atoms with E-state index >= 15 is 0 Å². The van der Waals surface area contributed by atoms with Gasteiger partial charge in [-0.15, -0.1) is 11.3 Å². The first-order valence-corrected chi connectivity index (χ1v) is 18.9. The molecule has 268 valence electrons. The van der Waals surface area contributed by atoms with Gasteiger partial charge in [0, 0.05) is 40.4 Å². The summed E-state index contributed by atoms with van der Waals surface area (Å²) in [6.45, 7) is 7.31. The molecular weight excluding hydrogens is 683 g/mol. The van der Waals surface area contributed by atoms with E-state index in [9.17, 15) is 43.2 Å². The lowest BCUT2D eigenvalue weighted by atomic mass is 9.45. The maximum Gasteiger partial charge on any atom is 0.278 e. The van der Waals surface area contributed by atoms with Gasteiger partial charge >= 0.3 is 0 Å². The molecular formula is C36H43N3O9S2. The number of nitrogens with one attached hydrogen (secondary N) is 1. The summed E-state index contributed by atoms with van der Waals surface area (Å²) in [6.07, 6.45) is 8.46. The predicted molar refractivity (Wildman–Crippen MR) is 186 cm³/mol. The Balaban J connectivity index is 0.000000175. The van der Waals surface area contributed by atoms with Crippen molar-refractivity contribution in [1.82, 2.24) is 9.29 Å². The minimum absolute atomic E-state index is 0.00620. The van der Waals surface area contributed by atoms with E-state index in [2.05, 4.69) is 24.1 Å². The first-order chi connectivity index (χ1) is 23.4. The molecule has 3 fully saturated rings. The predicted octanol–water partition coefficient (Wildman–Crippen LogP) is 3.75. The van der Waals surface area contributed by atoms with E-state index in [1.165, 1.54) is 30.5 Å². The number of anilines is 1. The number of likely N-dealkylation sites (N-methyl/N-ethyl adjacent to an activating group) is 1. The third kappa shape index (κ3) is 5.38. The fourth-order valence-corrected chi connectivity index (χ4v) is 11.7. The molecule has 50 heavy (non-hydrogen) atoms. The summed E-state index contributed by atoms with van der Waals surface area (Å²) < 4.78 is 25.8. The Morgan fingerprint density at radius 3 is 2.56 bits per heavy atom. The van der Waals surface area contributed by atoms with E-state index in [0.717, 1.165) is 27.6 Å². The second-order valence-corrected chi connectivity index (χ2v) is 17.8. The molecule has 1 amide bonds. The van der Waals surface area contributed by atoms with Crippen LogP contribution in [0.3, 0.4) is 0 Å². The van der Waals surface area contributed by atoms with Gasteiger partial charge in [-0.2, -0.15) is 0 Å². The molecule has 14 heteroatoms. The van der Waals surface area contributed by atoms with Crippen molar-refractivity contribution in [3.63, 3.8) is 0 Å². The number of aromatic nitrogens is 1. The second kappa shape index (κ2) is 12.5. The summed E-state index contributed by atoms with van der Waals surface area (Å²) >= 11 is 1.25. The number of hydrogen-bond donors (Lipinski definition) is 5. The van der Waals surface area contributed by atoms with Gasteiger partial charge in [0.05, 0.1) is 11.0 Å². The van der Waals surface area contributed by atoms with E-state index in [-0.39, 0.29) is 56.8 Å². The molecule has 2 aromatic rings. The van der Waals surface area contributed by atoms with Crippen molar-refractivity contribution in [1.29, 1.82) is 0 Å². The zero-order valence-corrected chi connectivity index (χ0v) is 30.2. The van der Waals surface area contributed by atoms with Gasteiger partial charge in [0.15, 0.2) is 28.2 Å². The number of thiazole rings is 1. The van der Waals surface area contributed by atoms with Crippen LogP contribution in [0, 0.1) is 41.4 Å². The number of carbonyl (C=O) groups is 3. The lowest BCUT2D eigenvalue weighted by molar-refractivity contribution is -0.180. The number of nitrogens with zero attached hydrogens (tertiary/aromatic N) is 2. The van der Waals surface area contributed by atoms with E-state index in [1.54, 1.807) is 30.5 Å². The molecule has 0 bridgehead atoms. The van der Waals surface area contributed by atoms with Gasteiger partial charge in [0.25, 0.3) is 15.9 Å². The average molecular weight is 726 g/mol. The summed E-state index contributed by atoms with van der Waals surface area (Å²) in [5, 5.41) is 45.1. The number of ketones is 2. The Morgan fingerprint density at radius 1 is 1.20 bits per heavy atom. The Kier molecular flexibility index (Phi) is 9.04. The molecule has 0 radical (unpaired) electrons. The SMILES string of the molecule is C[C@H]1C[C@@H]2[C@H]([C@@H](O)C[C@@]3(C)[C@H]2CC[C@]3(O)C(=O)CO)[C@@]2(C)C=CC(=O)C=C12.Cc1cnc(NC(=O)C2=C(O)c3ccccc3S(=O)(=O)N2C)s1. The van der Waals surface area contributed by atoms with Gasteiger partial charge < -0.3 is 20.4 Å². The third-order valence-electron chi connectivity index (χ3n) is 12.0. The van der Waals surface area contributed by atoms with Crippen LogP contribution < -0.4 is 5.32 Å². The van der Waals surface area contributed by atoms with Gasteiger partial charge in [0.2, 0.25) is 0 Å². The molecule has 0 unspecified atom stereocenters. The molecule has 3 saturated carbocycles. The molecule has 8 atom stereocenters. The number of allylic oxidation sites excluding steroid dienone is 4. The van der Waals surface area contributed by atoms with Crippen molar-refractivity contribution in [2.45, 2.75) is 70.0 Å². The first kappa shape index (κ1) is 36.1. The van der Waals surface area contributed by atoms with Gasteiger partial charge in [-0.25, -0.2) is 13.4 Å². The molecule has 2 heterocycles. The molecule has 7 rings (SSSR count). The quantitative estimate of drug-likeness (QED) is 0.310. The van der Waals surface area contributed by atoms with Crippen LogP contribution >= 0.6 is 11.3 Å². The number of carbonyl (C=O) groups excluding carboxylic acids is 3. The van der Waals surface area contributed by atoms with Crippen LogP contribution in [0.5, 0.6) is 0 Å². The molecule has 1 aliphatic heterocycles. The van der Waals surface area contributed by atoms with Crippen LogP contribution in [-0.4, -0.2) is 81.0 Å². The second-order valence-electron chi connectivity index (χ2n) is 14.6. The average Bonchev–Trinajstić information content (AvgIpc) is 3.59. The number of rotatable bonds is 4. The molecule has 1 aromatic carbocycles. The summed E-state index contributed by atoms with van der Waals surface area (Å²) in [5.74, 6) is -1.20. The molecule has 12 nitrogen and oxygen atoms in total. The minimum Gasteiger partial charge on any atom is -0.505 e. The van der Waals surface area contributed by atoms with E-state index in [0.29, 0.717) is 18.0 Å². The Hall–Kier alpha value is -3.69. The van der Waals surface area contributed by atoms with Crippen LogP contribution in [0.1, 0.15) is 56.9 Å². The normalized spacial score (nSPS) is 35.1. The van der Waals surface area contributed by atoms with Crippen LogP contribution in [0.4, 0.5) is 5.13 Å². The molecule has 4 aliphatic carbocycles. The van der Waals surface area contributed by atoms with Gasteiger partial charge in [-0.05, 0) is 74.6 Å². The highest BCUT2D eigenvalue weighted by atomic mass is 32.2. The Labute approximate surface area is 295 Å². The first-order valence-electron chi connectivity index (χ1n) is 16.7. The number of fused-ring (bicyclic) bond motifs is 6. The number of sulfonamides is 1. The highest BCUT2D eigenvalue weighted by Crippen LogP contribution is 2.67. The Bertz CT molecular complexity index is 1970. The molecule has 1 aromatic heterocycles. The van der Waals surface area contributed by atoms with Crippen molar-refractivity contribution < 1.29 is 43.2 Å². The summed E-state index contributed by atoms with van der Waals surface area (Å²) in [6, 6.07) is 5.99. The van der Waals surface area contributed by atoms with Gasteiger partial charge in [0.1, 0.15) is 12.2 Å². The highest BCUT2D eigenvalue weighted by Gasteiger charge is 2.68. The van der Waals surface area contributed by atoms with Crippen molar-refractivity contribution in [3.05, 3.63) is 70.4 Å². The fourth-order valence-electron chi connectivity index (χ4n) is 9.59. The fraction of sp³-hybridized carbons (Fsp3) is 0.500. The van der Waals surface area contributed by atoms with E-state index < -0.39 is 45.4 Å². The number of aliphatic hydroxyl groups is 4. The summed E-state index contributed by atoms with van der Waals surface area (Å²) in [4.78, 5) is 41.6. The topological polar surface area (TPSA) is 194 Å². The minimum atomic E-state index is -3.90. The lowest BCUT2D eigenvalue weighted by Crippen LogP contribution is -2.62. The van der Waals surface area contributed by atoms with Crippen molar-refractivity contribution in [2.24, 2.45) is 34.5 Å². The molecule has 5 aliphatic rings. The lowest BCUT2D eigenvalue weighted by Gasteiger charge is -2.60. The van der Waals surface area contributed by atoms with Crippen LogP contribution in [-0.2, 0) is 24.4 Å². The maximum atomic E-state index is 12.5. The van der Waals surface area contributed by atoms with Gasteiger partial charge in [-0.3, -0.25) is 24.0 Å². The number of amides is 1. The van der Waals surface area contributed by atoms with Crippen molar-refractivity contribution in [3.8, 4) is 0 Å². The highest BCUT2D eigenvalue weighted by molar-refractivity contribution is 7.89. The number of hydrogen-bond acceptors (Lipinski definition) is 11. The maximum absolute atomic E-state index is 12.5. The monoisotopic (exact) mass is 725 g/mol. The Morgan fingerprint density at radius 2 is 1.90 bits per heavy atom. The van der Waals surface area contributed by atoms with Crippen molar-refractivity contribution >= 4 is 49.7 Å². The number of aryl methyl sites for hydroxylation is 1. The van der Waals surface area contributed by atoms with Crippen LogP contribution in [0.15, 0.2) is 64.9 Å². The standard InChI is InChI=1S/C22H30O5.C14H13N3O4S2/c1-12-8-14-15-5-7-22(27,18(26)11-23)21(15,3)10-17(25)19(14)20(2)6-4-13(24)9-16(12)20;1-8-7-15-14(22-8)16-13(19)11-12(18)9-5-3-4-6-10(9)23(20,21)17(11)2/h4,6,9,12,14-15,17,19,23,25,27H,5,7-8,10-11H2,1-3H3;3-7,18H,1-2H3,(H,15,16,19)/t12-,14-,15-,17-,19+,20-,21-,22-;/m0./s1. The molecule has 5 N–H and O–H groups in total. The van der Waals surface area contributed by atoms with Crippen LogP contribution in [0.2, 0.25) is 0 Å². The summed E-state index contributed by atoms with van der Waals surface area (Å²) in [5.41, 5.74) is -1.82. The third-order valence-corrected chi connectivity index (χ3v) is 14.6. The van der Waals surface area contributed by atoms with E-state index in [1.807, 2.05) is 19.9 Å². The van der Waals surface area contributed by atoms with Crippen molar-refractivity contribution in [2.75, 3.05) is 19.0 Å². The van der Waals surface area contributed by atoms with E-state index in [4.69, 9.17) is 0 Å². The summed E-state index contributed by atoms with van der Waals surface area (Å²) in [7, 11) is -2.67. The van der Waals surface area contributed by atoms with Crippen LogP contribution in [0.25, 0.3) is 5.76 Å². The van der Waals surface area contributed by atoms with Gasteiger partial charge in [-0.1, -0.05) is 44.6 Å². The molecule has 0 saturated heterocycles.